The average Bonchev–Trinajstić information content (AvgIpc) is 3.05. The molecule has 0 saturated carbocycles. The first-order chi connectivity index (χ1) is 12.2. The molecular weight excluding hydrogens is 323 g/mol. The number of ether oxygens (including phenoxy) is 2. The van der Waals surface area contributed by atoms with Gasteiger partial charge in [0.2, 0.25) is 5.95 Å². The van der Waals surface area contributed by atoms with Crippen LogP contribution in [0, 0.1) is 5.82 Å². The molecule has 0 N–H and O–H groups in total. The van der Waals surface area contributed by atoms with Gasteiger partial charge in [0.15, 0.2) is 5.82 Å². The van der Waals surface area contributed by atoms with Gasteiger partial charge >= 0.3 is 0 Å². The second-order valence-corrected chi connectivity index (χ2v) is 6.68. The Morgan fingerprint density at radius 2 is 2.04 bits per heavy atom. The number of hydrogen-bond acceptors (Lipinski definition) is 6. The Kier molecular flexibility index (Phi) is 4.59. The van der Waals surface area contributed by atoms with Crippen molar-refractivity contribution in [1.82, 2.24) is 15.0 Å². The van der Waals surface area contributed by atoms with E-state index in [-0.39, 0.29) is 11.7 Å². The van der Waals surface area contributed by atoms with Crippen molar-refractivity contribution in [2.75, 3.05) is 24.6 Å². The van der Waals surface area contributed by atoms with Gasteiger partial charge < -0.3 is 14.4 Å². The highest BCUT2D eigenvalue weighted by Crippen LogP contribution is 2.37. The number of halogens is 1. The maximum absolute atomic E-state index is 13.0. The van der Waals surface area contributed by atoms with Gasteiger partial charge in [0.25, 0.3) is 0 Å². The van der Waals surface area contributed by atoms with Crippen LogP contribution in [-0.2, 0) is 16.1 Å². The van der Waals surface area contributed by atoms with E-state index in [9.17, 15) is 4.39 Å². The smallest absolute Gasteiger partial charge is 0.225 e. The molecule has 1 atom stereocenters. The average molecular weight is 344 g/mol. The normalized spacial score (nSPS) is 22.4. The summed E-state index contributed by atoms with van der Waals surface area (Å²) in [6.07, 6.45) is 8.84. The van der Waals surface area contributed by atoms with Crippen LogP contribution in [0.4, 0.5) is 10.3 Å². The Hall–Kier alpha value is -2.12. The number of piperidine rings is 1. The molecule has 0 aliphatic carbocycles. The number of aromatic nitrogens is 3. The van der Waals surface area contributed by atoms with E-state index >= 15 is 0 Å². The fourth-order valence-corrected chi connectivity index (χ4v) is 3.54. The van der Waals surface area contributed by atoms with Crippen molar-refractivity contribution in [2.24, 2.45) is 0 Å². The maximum atomic E-state index is 13.0. The molecule has 25 heavy (non-hydrogen) atoms. The number of rotatable bonds is 4. The van der Waals surface area contributed by atoms with Crippen LogP contribution in [0.2, 0.25) is 0 Å². The summed E-state index contributed by atoms with van der Waals surface area (Å²) in [5, 5.41) is 0. The molecule has 0 radical (unpaired) electrons. The third-order valence-corrected chi connectivity index (χ3v) is 4.95. The van der Waals surface area contributed by atoms with Crippen LogP contribution in [0.5, 0.6) is 0 Å². The molecule has 2 fully saturated rings. The van der Waals surface area contributed by atoms with Crippen molar-refractivity contribution in [2.45, 2.75) is 37.6 Å². The molecule has 0 aromatic carbocycles. The summed E-state index contributed by atoms with van der Waals surface area (Å²) in [7, 11) is 0. The standard InChI is InChI=1S/C18H21FN4O2/c19-15-10-21-17(22-11-15)23-6-3-18(4-7-23)8-16(13-25-18)24-12-14-2-1-5-20-9-14/h1-2,5,9-11,16H,3-4,6-8,12-13H2/t16-/m1/s1. The molecule has 2 saturated heterocycles. The van der Waals surface area contributed by atoms with Crippen LogP contribution in [0.3, 0.4) is 0 Å². The molecule has 2 aliphatic heterocycles. The van der Waals surface area contributed by atoms with Crippen molar-refractivity contribution in [3.8, 4) is 0 Å². The predicted octanol–water partition coefficient (Wildman–Crippen LogP) is 2.36. The third kappa shape index (κ3) is 3.77. The fourth-order valence-electron chi connectivity index (χ4n) is 3.54. The first-order valence-electron chi connectivity index (χ1n) is 8.59. The zero-order chi connectivity index (χ0) is 17.1. The molecule has 1 spiro atoms. The summed E-state index contributed by atoms with van der Waals surface area (Å²) in [4.78, 5) is 14.3. The first kappa shape index (κ1) is 16.4. The summed E-state index contributed by atoms with van der Waals surface area (Å²) in [6.45, 7) is 2.81. The maximum Gasteiger partial charge on any atom is 0.225 e. The molecule has 132 valence electrons. The van der Waals surface area contributed by atoms with Gasteiger partial charge in [0, 0.05) is 31.9 Å². The quantitative estimate of drug-likeness (QED) is 0.849. The second kappa shape index (κ2) is 7.01. The van der Waals surface area contributed by atoms with E-state index in [1.807, 2.05) is 18.3 Å². The minimum atomic E-state index is -0.412. The molecule has 2 aromatic heterocycles. The zero-order valence-electron chi connectivity index (χ0n) is 14.0. The summed E-state index contributed by atoms with van der Waals surface area (Å²) in [5.74, 6) is 0.170. The Balaban J connectivity index is 1.29. The molecule has 2 aliphatic rings. The van der Waals surface area contributed by atoms with E-state index in [2.05, 4.69) is 19.9 Å². The molecule has 6 nitrogen and oxygen atoms in total. The number of hydrogen-bond donors (Lipinski definition) is 0. The molecule has 0 bridgehead atoms. The second-order valence-electron chi connectivity index (χ2n) is 6.68. The molecule has 4 rings (SSSR count). The van der Waals surface area contributed by atoms with Crippen LogP contribution >= 0.6 is 0 Å². The highest BCUT2D eigenvalue weighted by Gasteiger charge is 2.43. The summed E-state index contributed by atoms with van der Waals surface area (Å²) < 4.78 is 25.1. The van der Waals surface area contributed by atoms with Crippen LogP contribution in [0.1, 0.15) is 24.8 Å². The zero-order valence-corrected chi connectivity index (χ0v) is 14.0. The molecule has 4 heterocycles. The molecule has 7 heteroatoms. The Labute approximate surface area is 146 Å². The summed E-state index contributed by atoms with van der Waals surface area (Å²) in [6, 6.07) is 3.93. The Bertz CT molecular complexity index is 690. The third-order valence-electron chi connectivity index (χ3n) is 4.95. The Morgan fingerprint density at radius 3 is 2.76 bits per heavy atom. The van der Waals surface area contributed by atoms with Gasteiger partial charge in [-0.3, -0.25) is 4.98 Å². The lowest BCUT2D eigenvalue weighted by Crippen LogP contribution is -2.45. The molecule has 0 amide bonds. The van der Waals surface area contributed by atoms with Gasteiger partial charge in [-0.25, -0.2) is 14.4 Å². The van der Waals surface area contributed by atoms with Gasteiger partial charge in [0.1, 0.15) is 0 Å². The van der Waals surface area contributed by atoms with Gasteiger partial charge in [-0.05, 0) is 24.5 Å². The van der Waals surface area contributed by atoms with E-state index in [0.717, 1.165) is 37.9 Å². The SMILES string of the molecule is Fc1cnc(N2CCC3(CC2)C[C@@H](OCc2cccnc2)CO3)nc1. The van der Waals surface area contributed by atoms with E-state index < -0.39 is 5.82 Å². The fraction of sp³-hybridized carbons (Fsp3) is 0.500. The number of nitrogens with zero attached hydrogens (tertiary/aromatic N) is 4. The number of pyridine rings is 1. The van der Waals surface area contributed by atoms with Crippen LogP contribution < -0.4 is 4.90 Å². The van der Waals surface area contributed by atoms with E-state index in [4.69, 9.17) is 9.47 Å². The lowest BCUT2D eigenvalue weighted by atomic mass is 9.88. The Morgan fingerprint density at radius 1 is 1.24 bits per heavy atom. The number of anilines is 1. The van der Waals surface area contributed by atoms with E-state index in [1.165, 1.54) is 12.4 Å². The lowest BCUT2D eigenvalue weighted by Gasteiger charge is -2.38. The minimum absolute atomic E-state index is 0.115. The largest absolute Gasteiger partial charge is 0.372 e. The van der Waals surface area contributed by atoms with E-state index in [0.29, 0.717) is 19.2 Å². The van der Waals surface area contributed by atoms with Crippen LogP contribution in [0.15, 0.2) is 36.9 Å². The monoisotopic (exact) mass is 344 g/mol. The van der Waals surface area contributed by atoms with Crippen LogP contribution in [-0.4, -0.2) is 46.4 Å². The molecular formula is C18H21FN4O2. The van der Waals surface area contributed by atoms with E-state index in [1.54, 1.807) is 6.20 Å². The lowest BCUT2D eigenvalue weighted by molar-refractivity contribution is -0.0205. The van der Waals surface area contributed by atoms with Gasteiger partial charge in [0.05, 0.1) is 37.3 Å². The van der Waals surface area contributed by atoms with Gasteiger partial charge in [-0.1, -0.05) is 6.07 Å². The van der Waals surface area contributed by atoms with Crippen molar-refractivity contribution < 1.29 is 13.9 Å². The highest BCUT2D eigenvalue weighted by atomic mass is 19.1. The van der Waals surface area contributed by atoms with Crippen LogP contribution in [0.25, 0.3) is 0 Å². The topological polar surface area (TPSA) is 60.4 Å². The predicted molar refractivity (Wildman–Crippen MR) is 89.6 cm³/mol. The van der Waals surface area contributed by atoms with Crippen molar-refractivity contribution in [3.63, 3.8) is 0 Å². The molecule has 0 unspecified atom stereocenters. The van der Waals surface area contributed by atoms with Crippen molar-refractivity contribution in [3.05, 3.63) is 48.3 Å². The summed E-state index contributed by atoms with van der Waals surface area (Å²) >= 11 is 0. The van der Waals surface area contributed by atoms with Gasteiger partial charge in [-0.2, -0.15) is 0 Å². The van der Waals surface area contributed by atoms with Crippen molar-refractivity contribution in [1.29, 1.82) is 0 Å². The first-order valence-corrected chi connectivity index (χ1v) is 8.59. The minimum Gasteiger partial charge on any atom is -0.372 e. The van der Waals surface area contributed by atoms with Gasteiger partial charge in [-0.15, -0.1) is 0 Å². The molecule has 2 aromatic rings. The summed E-state index contributed by atoms with van der Waals surface area (Å²) in [5.41, 5.74) is 0.961. The van der Waals surface area contributed by atoms with Crippen molar-refractivity contribution >= 4 is 5.95 Å². The highest BCUT2D eigenvalue weighted by molar-refractivity contribution is 5.30.